The molecule has 124 valence electrons. The minimum Gasteiger partial charge on any atom is -0.329 e. The number of piperazine rings is 1. The first-order valence-corrected chi connectivity index (χ1v) is 8.03. The molecule has 0 aromatic heterocycles. The Labute approximate surface area is 125 Å². The molecule has 0 aliphatic carbocycles. The van der Waals surface area contributed by atoms with Gasteiger partial charge in [0.15, 0.2) is 0 Å². The maximum atomic E-state index is 12.4. The normalized spacial score (nSPS) is 31.1. The van der Waals surface area contributed by atoms with Crippen LogP contribution in [-0.4, -0.2) is 59.8 Å². The Morgan fingerprint density at radius 2 is 1.90 bits per heavy atom. The Hall–Kier alpha value is -0.330. The van der Waals surface area contributed by atoms with Crippen molar-refractivity contribution in [2.75, 3.05) is 26.2 Å². The van der Waals surface area contributed by atoms with Crippen LogP contribution in [0.3, 0.4) is 0 Å². The first-order chi connectivity index (χ1) is 9.75. The fourth-order valence-corrected chi connectivity index (χ4v) is 3.97. The van der Waals surface area contributed by atoms with E-state index in [9.17, 15) is 13.2 Å². The second kappa shape index (κ2) is 6.42. The second-order valence-corrected chi connectivity index (χ2v) is 6.96. The van der Waals surface area contributed by atoms with Gasteiger partial charge in [0.1, 0.15) is 0 Å². The highest BCUT2D eigenvalue weighted by atomic mass is 19.4. The summed E-state index contributed by atoms with van der Waals surface area (Å²) in [7, 11) is 0. The number of halogens is 3. The third-order valence-corrected chi connectivity index (χ3v) is 5.25. The van der Waals surface area contributed by atoms with Gasteiger partial charge in [0.05, 0.1) is 0 Å². The predicted molar refractivity (Wildman–Crippen MR) is 78.1 cm³/mol. The lowest BCUT2D eigenvalue weighted by Crippen LogP contribution is -2.64. The number of hydrogen-bond donors (Lipinski definition) is 1. The first kappa shape index (κ1) is 17.0. The molecule has 2 saturated heterocycles. The van der Waals surface area contributed by atoms with E-state index in [1.807, 2.05) is 6.92 Å². The van der Waals surface area contributed by atoms with Gasteiger partial charge in [0.2, 0.25) is 0 Å². The smallest absolute Gasteiger partial charge is 0.329 e. The molecule has 2 N–H and O–H groups in total. The largest absolute Gasteiger partial charge is 0.389 e. The average molecular weight is 307 g/mol. The number of alkyl halides is 3. The lowest BCUT2D eigenvalue weighted by molar-refractivity contribution is -0.137. The Kier molecular flexibility index (Phi) is 5.21. The van der Waals surface area contributed by atoms with Crippen molar-refractivity contribution in [2.45, 2.75) is 69.8 Å². The monoisotopic (exact) mass is 307 g/mol. The Bertz CT molecular complexity index is 348. The van der Waals surface area contributed by atoms with E-state index >= 15 is 0 Å². The van der Waals surface area contributed by atoms with Gasteiger partial charge in [-0.3, -0.25) is 9.80 Å². The summed E-state index contributed by atoms with van der Waals surface area (Å²) in [5.41, 5.74) is 5.63. The molecule has 2 rings (SSSR count). The van der Waals surface area contributed by atoms with E-state index < -0.39 is 12.6 Å². The lowest BCUT2D eigenvalue weighted by atomic mass is 9.89. The summed E-state index contributed by atoms with van der Waals surface area (Å²) in [4.78, 5) is 4.89. The van der Waals surface area contributed by atoms with Crippen molar-refractivity contribution < 1.29 is 13.2 Å². The Morgan fingerprint density at radius 1 is 1.19 bits per heavy atom. The van der Waals surface area contributed by atoms with E-state index in [2.05, 4.69) is 16.7 Å². The molecule has 3 nitrogen and oxygen atoms in total. The molecule has 2 fully saturated rings. The molecule has 3 atom stereocenters. The molecular formula is C15H28F3N3. The molecule has 3 unspecified atom stereocenters. The van der Waals surface area contributed by atoms with Crippen LogP contribution in [0.5, 0.6) is 0 Å². The number of nitrogens with two attached hydrogens (primary N) is 1. The minimum atomic E-state index is -4.06. The van der Waals surface area contributed by atoms with Gasteiger partial charge in [-0.25, -0.2) is 0 Å². The third kappa shape index (κ3) is 4.11. The minimum absolute atomic E-state index is 0.162. The third-order valence-electron chi connectivity index (χ3n) is 5.25. The van der Waals surface area contributed by atoms with Crippen molar-refractivity contribution in [1.82, 2.24) is 9.80 Å². The molecule has 6 heteroatoms. The van der Waals surface area contributed by atoms with E-state index in [0.29, 0.717) is 25.0 Å². The molecule has 0 aromatic carbocycles. The zero-order valence-electron chi connectivity index (χ0n) is 13.1. The van der Waals surface area contributed by atoms with Crippen LogP contribution >= 0.6 is 0 Å². The number of hydrogen-bond acceptors (Lipinski definition) is 3. The molecule has 0 bridgehead atoms. The quantitative estimate of drug-likeness (QED) is 0.847. The number of fused-ring (bicyclic) bond motifs is 1. The van der Waals surface area contributed by atoms with Gasteiger partial charge in [0, 0.05) is 43.7 Å². The molecular weight excluding hydrogens is 279 g/mol. The molecule has 0 spiro atoms. The first-order valence-electron chi connectivity index (χ1n) is 8.03. The lowest BCUT2D eigenvalue weighted by Gasteiger charge is -2.51. The zero-order chi connectivity index (χ0) is 15.7. The summed E-state index contributed by atoms with van der Waals surface area (Å²) in [5, 5.41) is 0. The summed E-state index contributed by atoms with van der Waals surface area (Å²) in [5.74, 6) is 0. The van der Waals surface area contributed by atoms with Gasteiger partial charge in [-0.2, -0.15) is 13.2 Å². The van der Waals surface area contributed by atoms with Crippen molar-refractivity contribution >= 4 is 0 Å². The van der Waals surface area contributed by atoms with Crippen LogP contribution in [-0.2, 0) is 0 Å². The van der Waals surface area contributed by atoms with E-state index in [1.54, 1.807) is 0 Å². The summed E-state index contributed by atoms with van der Waals surface area (Å²) in [6.07, 6.45) is -1.66. The summed E-state index contributed by atoms with van der Waals surface area (Å²) < 4.78 is 37.1. The van der Waals surface area contributed by atoms with Crippen LogP contribution in [0.4, 0.5) is 13.2 Å². The van der Waals surface area contributed by atoms with Gasteiger partial charge < -0.3 is 5.73 Å². The number of nitrogens with zero attached hydrogens (tertiary/aromatic N) is 2. The van der Waals surface area contributed by atoms with Gasteiger partial charge >= 0.3 is 6.18 Å². The van der Waals surface area contributed by atoms with Crippen molar-refractivity contribution in [3.05, 3.63) is 0 Å². The standard InChI is InChI=1S/C15H28F3N3/c1-12-9-20-8-3-5-13(20)10-21(12)14(2,11-19)6-4-7-15(16,17)18/h12-13H,3-11,19H2,1-2H3. The zero-order valence-corrected chi connectivity index (χ0v) is 13.1. The highest BCUT2D eigenvalue weighted by Gasteiger charge is 2.42. The highest BCUT2D eigenvalue weighted by molar-refractivity contribution is 4.98. The maximum Gasteiger partial charge on any atom is 0.389 e. The van der Waals surface area contributed by atoms with Crippen molar-refractivity contribution in [1.29, 1.82) is 0 Å². The molecule has 21 heavy (non-hydrogen) atoms. The van der Waals surface area contributed by atoms with E-state index in [-0.39, 0.29) is 12.0 Å². The number of rotatable bonds is 5. The summed E-state index contributed by atoms with van der Waals surface area (Å²) in [6, 6.07) is 0.925. The van der Waals surface area contributed by atoms with E-state index in [1.165, 1.54) is 12.8 Å². The van der Waals surface area contributed by atoms with Crippen LogP contribution < -0.4 is 5.73 Å². The fourth-order valence-electron chi connectivity index (χ4n) is 3.97. The van der Waals surface area contributed by atoms with Crippen molar-refractivity contribution in [3.8, 4) is 0 Å². The van der Waals surface area contributed by atoms with Gasteiger partial charge in [-0.05, 0) is 46.1 Å². The van der Waals surface area contributed by atoms with Gasteiger partial charge in [-0.1, -0.05) is 0 Å². The Balaban J connectivity index is 1.97. The van der Waals surface area contributed by atoms with Crippen LogP contribution in [0.15, 0.2) is 0 Å². The van der Waals surface area contributed by atoms with Crippen molar-refractivity contribution in [3.63, 3.8) is 0 Å². The Morgan fingerprint density at radius 3 is 2.52 bits per heavy atom. The topological polar surface area (TPSA) is 32.5 Å². The predicted octanol–water partition coefficient (Wildman–Crippen LogP) is 2.60. The second-order valence-electron chi connectivity index (χ2n) is 6.96. The molecule has 0 aromatic rings. The maximum absolute atomic E-state index is 12.4. The average Bonchev–Trinajstić information content (AvgIpc) is 2.83. The summed E-state index contributed by atoms with van der Waals surface area (Å²) in [6.45, 7) is 7.75. The van der Waals surface area contributed by atoms with Gasteiger partial charge in [-0.15, -0.1) is 0 Å². The SMILES string of the molecule is CC1CN2CCCC2CN1C(C)(CN)CCCC(F)(F)F. The summed E-state index contributed by atoms with van der Waals surface area (Å²) >= 11 is 0. The highest BCUT2D eigenvalue weighted by Crippen LogP contribution is 2.33. The van der Waals surface area contributed by atoms with Crippen LogP contribution in [0.2, 0.25) is 0 Å². The fraction of sp³-hybridized carbons (Fsp3) is 1.00. The molecule has 0 radical (unpaired) electrons. The van der Waals surface area contributed by atoms with Crippen molar-refractivity contribution in [2.24, 2.45) is 5.73 Å². The molecule has 2 aliphatic heterocycles. The molecule has 0 amide bonds. The molecule has 2 aliphatic rings. The molecule has 2 heterocycles. The van der Waals surface area contributed by atoms with E-state index in [4.69, 9.17) is 5.73 Å². The van der Waals surface area contributed by atoms with E-state index in [0.717, 1.165) is 19.6 Å². The van der Waals surface area contributed by atoms with Crippen LogP contribution in [0, 0.1) is 0 Å². The van der Waals surface area contributed by atoms with Crippen LogP contribution in [0.25, 0.3) is 0 Å². The van der Waals surface area contributed by atoms with Gasteiger partial charge in [0.25, 0.3) is 0 Å². The van der Waals surface area contributed by atoms with Crippen LogP contribution in [0.1, 0.15) is 46.0 Å². The molecule has 0 saturated carbocycles.